The van der Waals surface area contributed by atoms with Crippen molar-refractivity contribution in [2.45, 2.75) is 6.10 Å². The van der Waals surface area contributed by atoms with Gasteiger partial charge < -0.3 is 25.2 Å². The molecule has 6 nitrogen and oxygen atoms in total. The smallest absolute Gasteiger partial charge is 0.174 e. The van der Waals surface area contributed by atoms with Gasteiger partial charge in [-0.05, 0) is 24.3 Å². The van der Waals surface area contributed by atoms with Crippen molar-refractivity contribution in [3.05, 3.63) is 53.5 Å². The van der Waals surface area contributed by atoms with E-state index in [9.17, 15) is 25.2 Å². The Kier molecular flexibility index (Phi) is 2.86. The van der Waals surface area contributed by atoms with Crippen LogP contribution < -0.4 is 0 Å². The Balaban J connectivity index is 1.99. The van der Waals surface area contributed by atoms with Gasteiger partial charge in [0.1, 0.15) is 29.3 Å². The van der Waals surface area contributed by atoms with Gasteiger partial charge >= 0.3 is 0 Å². The first kappa shape index (κ1) is 13.1. The molecular formula is C15H12O6. The van der Waals surface area contributed by atoms with Crippen molar-refractivity contribution < 1.29 is 30.0 Å². The molecule has 108 valence electrons. The number of aliphatic hydroxyl groups is 2. The summed E-state index contributed by atoms with van der Waals surface area (Å²) < 4.78 is 5.59. The number of phenolic OH excluding ortho intramolecular Hbond substituents is 2. The van der Waals surface area contributed by atoms with Crippen LogP contribution in [-0.2, 0) is 9.53 Å². The second-order valence-corrected chi connectivity index (χ2v) is 4.84. The maximum Gasteiger partial charge on any atom is 0.174 e. The summed E-state index contributed by atoms with van der Waals surface area (Å²) in [6.07, 6.45) is 2.83. The molecule has 6 heteroatoms. The van der Waals surface area contributed by atoms with Gasteiger partial charge in [-0.2, -0.15) is 0 Å². The number of rotatable bonds is 1. The average Bonchev–Trinajstić information content (AvgIpc) is 2.40. The maximum absolute atomic E-state index is 12.1. The lowest BCUT2D eigenvalue weighted by molar-refractivity contribution is -0.121. The summed E-state index contributed by atoms with van der Waals surface area (Å²) in [5, 5.41) is 38.0. The number of fused-ring (bicyclic) bond motifs is 1. The highest BCUT2D eigenvalue weighted by Gasteiger charge is 2.38. The molecule has 0 aromatic heterocycles. The molecule has 0 unspecified atom stereocenters. The van der Waals surface area contributed by atoms with Crippen LogP contribution in [0.15, 0.2) is 47.9 Å². The SMILES string of the molecule is O=C1C=C(c2ccc(O)c(O)c2)O[C@H]2C=C(O)C=C(O)[C@H]12. The van der Waals surface area contributed by atoms with Crippen molar-refractivity contribution in [2.75, 3.05) is 0 Å². The third-order valence-electron chi connectivity index (χ3n) is 3.38. The Morgan fingerprint density at radius 1 is 1.00 bits per heavy atom. The predicted octanol–water partition coefficient (Wildman–Crippen LogP) is 1.92. The van der Waals surface area contributed by atoms with Crippen molar-refractivity contribution in [3.8, 4) is 11.5 Å². The van der Waals surface area contributed by atoms with Crippen molar-refractivity contribution in [2.24, 2.45) is 5.92 Å². The molecule has 2 atom stereocenters. The Hall–Kier alpha value is -2.89. The first-order chi connectivity index (χ1) is 9.95. The van der Waals surface area contributed by atoms with E-state index >= 15 is 0 Å². The van der Waals surface area contributed by atoms with E-state index in [1.54, 1.807) is 0 Å². The van der Waals surface area contributed by atoms with E-state index in [2.05, 4.69) is 0 Å². The first-order valence-corrected chi connectivity index (χ1v) is 6.21. The minimum Gasteiger partial charge on any atom is -0.511 e. The van der Waals surface area contributed by atoms with Gasteiger partial charge in [-0.25, -0.2) is 0 Å². The minimum atomic E-state index is -0.879. The Morgan fingerprint density at radius 2 is 1.76 bits per heavy atom. The lowest BCUT2D eigenvalue weighted by atomic mass is 9.88. The predicted molar refractivity (Wildman–Crippen MR) is 72.5 cm³/mol. The number of carbonyl (C=O) groups is 1. The number of hydrogen-bond acceptors (Lipinski definition) is 6. The fraction of sp³-hybridized carbons (Fsp3) is 0.133. The number of ketones is 1. The van der Waals surface area contributed by atoms with Crippen LogP contribution in [0.3, 0.4) is 0 Å². The van der Waals surface area contributed by atoms with E-state index in [1.165, 1.54) is 30.4 Å². The highest BCUT2D eigenvalue weighted by atomic mass is 16.5. The molecular weight excluding hydrogens is 276 g/mol. The van der Waals surface area contributed by atoms with Crippen molar-refractivity contribution in [3.63, 3.8) is 0 Å². The second-order valence-electron chi connectivity index (χ2n) is 4.84. The highest BCUT2D eigenvalue weighted by Crippen LogP contribution is 2.36. The Labute approximate surface area is 119 Å². The summed E-state index contributed by atoms with van der Waals surface area (Å²) in [7, 11) is 0. The van der Waals surface area contributed by atoms with Crippen LogP contribution in [0, 0.1) is 5.92 Å². The average molecular weight is 288 g/mol. The summed E-state index contributed by atoms with van der Waals surface area (Å²) >= 11 is 0. The van der Waals surface area contributed by atoms with Crippen LogP contribution >= 0.6 is 0 Å². The van der Waals surface area contributed by atoms with Gasteiger partial charge in [0.15, 0.2) is 17.3 Å². The van der Waals surface area contributed by atoms with Gasteiger partial charge in [0.25, 0.3) is 0 Å². The number of hydrogen-bond donors (Lipinski definition) is 4. The van der Waals surface area contributed by atoms with Gasteiger partial charge in [0.05, 0.1) is 0 Å². The third kappa shape index (κ3) is 2.20. The second kappa shape index (κ2) is 4.59. The van der Waals surface area contributed by atoms with E-state index in [4.69, 9.17) is 4.74 Å². The topological polar surface area (TPSA) is 107 Å². The molecule has 21 heavy (non-hydrogen) atoms. The number of carbonyl (C=O) groups excluding carboxylic acids is 1. The molecule has 4 N–H and O–H groups in total. The number of benzene rings is 1. The van der Waals surface area contributed by atoms with Crippen LogP contribution in [0.4, 0.5) is 0 Å². The number of allylic oxidation sites excluding steroid dienone is 2. The first-order valence-electron chi connectivity index (χ1n) is 6.21. The van der Waals surface area contributed by atoms with E-state index < -0.39 is 12.0 Å². The van der Waals surface area contributed by atoms with Crippen LogP contribution in [0.2, 0.25) is 0 Å². The van der Waals surface area contributed by atoms with Crippen molar-refractivity contribution in [1.29, 1.82) is 0 Å². The molecule has 1 heterocycles. The van der Waals surface area contributed by atoms with Gasteiger partial charge in [-0.15, -0.1) is 0 Å². The zero-order chi connectivity index (χ0) is 15.1. The summed E-state index contributed by atoms with van der Waals surface area (Å²) in [5.41, 5.74) is 0.402. The zero-order valence-corrected chi connectivity index (χ0v) is 10.7. The molecule has 0 amide bonds. The standard InChI is InChI=1S/C15H12O6/c16-8-4-11(19)15-12(20)6-13(21-14(15)5-8)7-1-2-9(17)10(18)3-7/h1-6,14-19H/t14-,15+/m0/s1. The molecule has 2 aliphatic rings. The van der Waals surface area contributed by atoms with Crippen LogP contribution in [0.5, 0.6) is 11.5 Å². The molecule has 0 bridgehead atoms. The molecule has 1 aliphatic carbocycles. The number of aromatic hydroxyl groups is 2. The van der Waals surface area contributed by atoms with Crippen LogP contribution in [0.1, 0.15) is 5.56 Å². The van der Waals surface area contributed by atoms with E-state index in [0.29, 0.717) is 5.56 Å². The van der Waals surface area contributed by atoms with Crippen LogP contribution in [-0.4, -0.2) is 32.3 Å². The normalized spacial score (nSPS) is 24.4. The molecule has 1 aliphatic heterocycles. The Morgan fingerprint density at radius 3 is 2.48 bits per heavy atom. The summed E-state index contributed by atoms with van der Waals surface area (Å²) in [4.78, 5) is 12.1. The van der Waals surface area contributed by atoms with Gasteiger partial charge in [0.2, 0.25) is 0 Å². The number of aliphatic hydroxyl groups excluding tert-OH is 2. The van der Waals surface area contributed by atoms with E-state index in [0.717, 1.165) is 6.08 Å². The monoisotopic (exact) mass is 288 g/mol. The lowest BCUT2D eigenvalue weighted by Gasteiger charge is -2.31. The van der Waals surface area contributed by atoms with Crippen molar-refractivity contribution >= 4 is 11.5 Å². The van der Waals surface area contributed by atoms with E-state index in [-0.39, 0.29) is 34.6 Å². The fourth-order valence-corrected chi connectivity index (χ4v) is 2.36. The molecule has 3 rings (SSSR count). The fourth-order valence-electron chi connectivity index (χ4n) is 2.36. The number of ether oxygens (including phenoxy) is 1. The summed E-state index contributed by atoms with van der Waals surface area (Å²) in [6, 6.07) is 4.02. The van der Waals surface area contributed by atoms with Crippen LogP contribution in [0.25, 0.3) is 5.76 Å². The highest BCUT2D eigenvalue weighted by molar-refractivity contribution is 6.00. The lowest BCUT2D eigenvalue weighted by Crippen LogP contribution is -2.35. The molecule has 0 saturated heterocycles. The van der Waals surface area contributed by atoms with E-state index in [1.807, 2.05) is 0 Å². The molecule has 1 aromatic carbocycles. The van der Waals surface area contributed by atoms with Gasteiger partial charge in [-0.3, -0.25) is 4.79 Å². The maximum atomic E-state index is 12.1. The molecule has 1 aromatic rings. The van der Waals surface area contributed by atoms with Crippen molar-refractivity contribution in [1.82, 2.24) is 0 Å². The molecule has 0 spiro atoms. The number of phenols is 2. The summed E-state index contributed by atoms with van der Waals surface area (Å²) in [6.45, 7) is 0. The quantitative estimate of drug-likeness (QED) is 0.588. The minimum absolute atomic E-state index is 0.184. The molecule has 0 radical (unpaired) electrons. The Bertz CT molecular complexity index is 713. The van der Waals surface area contributed by atoms with Gasteiger partial charge in [0, 0.05) is 17.7 Å². The molecule has 0 fully saturated rings. The summed E-state index contributed by atoms with van der Waals surface area (Å²) in [5.74, 6) is -2.12. The zero-order valence-electron chi connectivity index (χ0n) is 10.7. The molecule has 0 saturated carbocycles. The third-order valence-corrected chi connectivity index (χ3v) is 3.38. The van der Waals surface area contributed by atoms with Gasteiger partial charge in [-0.1, -0.05) is 0 Å². The largest absolute Gasteiger partial charge is 0.511 e.